The summed E-state index contributed by atoms with van der Waals surface area (Å²) < 4.78 is 28.2. The van der Waals surface area contributed by atoms with Gasteiger partial charge in [0, 0.05) is 19.3 Å². The number of rotatable bonds is 43. The Morgan fingerprint density at radius 2 is 0.942 bits per heavy atom. The normalized spacial score (nSPS) is 19.3. The van der Waals surface area contributed by atoms with E-state index in [9.17, 15) is 34.5 Å². The Kier molecular flexibility index (Phi) is 41.1. The molecule has 0 saturated carbocycles. The van der Waals surface area contributed by atoms with E-state index >= 15 is 0 Å². The highest BCUT2D eigenvalue weighted by Gasteiger charge is 2.50. The molecule has 0 aliphatic carbocycles. The van der Waals surface area contributed by atoms with Crippen LogP contribution in [0.15, 0.2) is 85.1 Å². The van der Waals surface area contributed by atoms with Crippen molar-refractivity contribution in [3.05, 3.63) is 85.1 Å². The smallest absolute Gasteiger partial charge is 0.335 e. The van der Waals surface area contributed by atoms with Gasteiger partial charge in [0.25, 0.3) is 0 Å². The molecule has 6 unspecified atom stereocenters. The van der Waals surface area contributed by atoms with Crippen molar-refractivity contribution in [2.75, 3.05) is 13.2 Å². The number of aliphatic carboxylic acids is 1. The maximum atomic E-state index is 13.1. The average molecular weight is 969 g/mol. The summed E-state index contributed by atoms with van der Waals surface area (Å²) in [5.41, 5.74) is 0. The largest absolute Gasteiger partial charge is 0.479 e. The summed E-state index contributed by atoms with van der Waals surface area (Å²) in [6.07, 6.45) is 44.5. The Bertz CT molecular complexity index is 1530. The van der Waals surface area contributed by atoms with Gasteiger partial charge in [-0.1, -0.05) is 189 Å². The molecule has 0 aromatic heterocycles. The van der Waals surface area contributed by atoms with Gasteiger partial charge in [-0.2, -0.15) is 0 Å². The van der Waals surface area contributed by atoms with Crippen LogP contribution in [-0.4, -0.2) is 89.2 Å². The van der Waals surface area contributed by atoms with Gasteiger partial charge in [0.2, 0.25) is 0 Å². The lowest BCUT2D eigenvalue weighted by Gasteiger charge is -2.40. The lowest BCUT2D eigenvalue weighted by atomic mass is 9.98. The number of hydrogen-bond acceptors (Lipinski definition) is 11. The second kappa shape index (κ2) is 45.1. The zero-order valence-corrected chi connectivity index (χ0v) is 42.8. The first-order chi connectivity index (χ1) is 33.6. The Morgan fingerprint density at radius 1 is 0.493 bits per heavy atom. The first-order valence-corrected chi connectivity index (χ1v) is 26.6. The third-order valence-corrected chi connectivity index (χ3v) is 11.5. The van der Waals surface area contributed by atoms with Crippen LogP contribution in [0.25, 0.3) is 0 Å². The monoisotopic (exact) mass is 969 g/mol. The van der Waals surface area contributed by atoms with Crippen LogP contribution < -0.4 is 0 Å². The fourth-order valence-electron chi connectivity index (χ4n) is 7.45. The Labute approximate surface area is 416 Å². The molecular formula is C57H92O12. The number of carboxylic acid groups (broad SMARTS) is 1. The number of carbonyl (C=O) groups excluding carboxylic acids is 3. The molecule has 6 atom stereocenters. The first-order valence-electron chi connectivity index (χ1n) is 26.6. The van der Waals surface area contributed by atoms with Crippen LogP contribution in [-0.2, 0) is 42.9 Å². The van der Waals surface area contributed by atoms with Gasteiger partial charge in [0.1, 0.15) is 18.8 Å². The van der Waals surface area contributed by atoms with Crippen molar-refractivity contribution < 1.29 is 58.2 Å². The summed E-state index contributed by atoms with van der Waals surface area (Å²) >= 11 is 0. The van der Waals surface area contributed by atoms with Crippen LogP contribution in [0.4, 0.5) is 0 Å². The van der Waals surface area contributed by atoms with Crippen molar-refractivity contribution in [3.8, 4) is 0 Å². The van der Waals surface area contributed by atoms with Gasteiger partial charge in [-0.15, -0.1) is 0 Å². The summed E-state index contributed by atoms with van der Waals surface area (Å²) in [7, 11) is 0. The zero-order valence-electron chi connectivity index (χ0n) is 42.8. The third kappa shape index (κ3) is 35.6. The molecule has 0 aromatic carbocycles. The van der Waals surface area contributed by atoms with E-state index < -0.39 is 67.3 Å². The molecule has 12 heteroatoms. The van der Waals surface area contributed by atoms with Crippen LogP contribution >= 0.6 is 0 Å². The predicted octanol–water partition coefficient (Wildman–Crippen LogP) is 12.8. The average Bonchev–Trinajstić information content (AvgIpc) is 3.33. The van der Waals surface area contributed by atoms with Crippen LogP contribution in [0, 0.1) is 0 Å². The minimum absolute atomic E-state index is 0.0657. The predicted molar refractivity (Wildman–Crippen MR) is 275 cm³/mol. The number of ether oxygens (including phenoxy) is 5. The number of aliphatic hydroxyl groups is 2. The number of carboxylic acids is 1. The summed E-state index contributed by atoms with van der Waals surface area (Å²) in [6, 6.07) is 0. The highest BCUT2D eigenvalue weighted by atomic mass is 16.7. The van der Waals surface area contributed by atoms with E-state index in [0.29, 0.717) is 25.7 Å². The SMILES string of the molecule is CC/C=C\C/C=C\C/C=C\C/C=C\CCC(=O)OC1C(OCC(COC(=O)CCCCC/C=C\C/C=C\C/C=C\CC)OC(=O)CCCCCCCCCCCCCCC)OC(C(=O)O)C(O)C1O. The second-order valence-electron chi connectivity index (χ2n) is 17.8. The van der Waals surface area contributed by atoms with Crippen molar-refractivity contribution in [1.82, 2.24) is 0 Å². The molecule has 0 aromatic rings. The molecule has 392 valence electrons. The topological polar surface area (TPSA) is 175 Å². The molecule has 0 radical (unpaired) electrons. The van der Waals surface area contributed by atoms with E-state index in [0.717, 1.165) is 77.0 Å². The Balaban J connectivity index is 2.79. The first kappa shape index (κ1) is 62.9. The van der Waals surface area contributed by atoms with E-state index in [-0.39, 0.29) is 25.9 Å². The summed E-state index contributed by atoms with van der Waals surface area (Å²) in [5, 5.41) is 31.3. The molecule has 1 saturated heterocycles. The minimum Gasteiger partial charge on any atom is -0.479 e. The van der Waals surface area contributed by atoms with Gasteiger partial charge in [-0.3, -0.25) is 14.4 Å². The number of unbranched alkanes of at least 4 members (excludes halogenated alkanes) is 15. The molecule has 12 nitrogen and oxygen atoms in total. The van der Waals surface area contributed by atoms with Gasteiger partial charge in [-0.05, 0) is 77.0 Å². The molecule has 1 fully saturated rings. The van der Waals surface area contributed by atoms with Crippen molar-refractivity contribution in [2.45, 2.75) is 237 Å². The highest BCUT2D eigenvalue weighted by molar-refractivity contribution is 5.74. The number of hydrogen-bond donors (Lipinski definition) is 3. The molecule has 1 heterocycles. The molecule has 3 N–H and O–H groups in total. The quantitative estimate of drug-likeness (QED) is 0.0229. The van der Waals surface area contributed by atoms with E-state index in [4.69, 9.17) is 23.7 Å². The third-order valence-electron chi connectivity index (χ3n) is 11.5. The van der Waals surface area contributed by atoms with Crippen molar-refractivity contribution in [1.29, 1.82) is 0 Å². The van der Waals surface area contributed by atoms with Gasteiger partial charge >= 0.3 is 23.9 Å². The summed E-state index contributed by atoms with van der Waals surface area (Å²) in [5.74, 6) is -3.27. The number of esters is 3. The van der Waals surface area contributed by atoms with Crippen molar-refractivity contribution in [2.24, 2.45) is 0 Å². The van der Waals surface area contributed by atoms with Crippen molar-refractivity contribution >= 4 is 23.9 Å². The van der Waals surface area contributed by atoms with Crippen LogP contribution in [0.5, 0.6) is 0 Å². The van der Waals surface area contributed by atoms with Gasteiger partial charge in [0.05, 0.1) is 6.61 Å². The van der Waals surface area contributed by atoms with Crippen LogP contribution in [0.2, 0.25) is 0 Å². The maximum Gasteiger partial charge on any atom is 0.335 e. The molecule has 0 spiro atoms. The molecule has 69 heavy (non-hydrogen) atoms. The fraction of sp³-hybridized carbons (Fsp3) is 0.684. The second-order valence-corrected chi connectivity index (χ2v) is 17.8. The van der Waals surface area contributed by atoms with E-state index in [1.54, 1.807) is 0 Å². The van der Waals surface area contributed by atoms with E-state index in [1.807, 2.05) is 18.2 Å². The number of aliphatic hydroxyl groups excluding tert-OH is 2. The molecule has 1 aliphatic heterocycles. The molecule has 1 aliphatic rings. The highest BCUT2D eigenvalue weighted by Crippen LogP contribution is 2.26. The Hall–Kier alpha value is -4.10. The molecular weight excluding hydrogens is 877 g/mol. The van der Waals surface area contributed by atoms with E-state index in [1.165, 1.54) is 57.8 Å². The molecule has 0 bridgehead atoms. The van der Waals surface area contributed by atoms with Crippen LogP contribution in [0.1, 0.15) is 201 Å². The van der Waals surface area contributed by atoms with Gasteiger partial charge in [0.15, 0.2) is 24.6 Å². The number of carbonyl (C=O) groups is 4. The lowest BCUT2D eigenvalue weighted by molar-refractivity contribution is -0.301. The summed E-state index contributed by atoms with van der Waals surface area (Å²) in [6.45, 7) is 5.67. The Morgan fingerprint density at radius 3 is 1.45 bits per heavy atom. The van der Waals surface area contributed by atoms with Gasteiger partial charge in [-0.25, -0.2) is 4.79 Å². The van der Waals surface area contributed by atoms with Crippen molar-refractivity contribution in [3.63, 3.8) is 0 Å². The summed E-state index contributed by atoms with van der Waals surface area (Å²) in [4.78, 5) is 50.8. The number of allylic oxidation sites excluding steroid dienone is 14. The van der Waals surface area contributed by atoms with Crippen LogP contribution in [0.3, 0.4) is 0 Å². The zero-order chi connectivity index (χ0) is 50.4. The maximum absolute atomic E-state index is 13.1. The lowest BCUT2D eigenvalue weighted by Crippen LogP contribution is -2.61. The molecule has 0 amide bonds. The fourth-order valence-corrected chi connectivity index (χ4v) is 7.45. The van der Waals surface area contributed by atoms with E-state index in [2.05, 4.69) is 87.6 Å². The van der Waals surface area contributed by atoms with Gasteiger partial charge < -0.3 is 39.0 Å². The minimum atomic E-state index is -1.93. The standard InChI is InChI=1S/C57H92O12/c1-4-7-10-13-16-19-22-25-28-31-34-37-40-43-49(58)65-46-48(67-50(59)44-41-38-35-32-29-26-23-20-17-14-11-8-5-2)47-66-57-55(53(62)52(61)54(69-57)56(63)64)68-51(60)45-42-39-36-33-30-27-24-21-18-15-12-9-6-3/h7,9-10,12,16,18-19,21,25,27-28,30,36,39,48,52-55,57,61-62H,4-6,8,11,13-15,17,20,22-24,26,29,31-35,37-38,40-47H2,1-3H3,(H,63,64)/b10-7-,12-9-,19-16-,21-18-,28-25-,30-27-,39-36-. The molecule has 1 rings (SSSR count).